The molecule has 3 aromatic rings. The Morgan fingerprint density at radius 2 is 2.17 bits per heavy atom. The number of aromatic nitrogens is 2. The van der Waals surface area contributed by atoms with Crippen LogP contribution in [0.5, 0.6) is 0 Å². The number of aliphatic hydroxyl groups is 1. The minimum absolute atomic E-state index is 0.0737. The lowest BCUT2D eigenvalue weighted by Gasteiger charge is -2.13. The molecule has 0 aliphatic carbocycles. The fourth-order valence-electron chi connectivity index (χ4n) is 2.30. The predicted molar refractivity (Wildman–Crippen MR) is 84.9 cm³/mol. The molecule has 0 bridgehead atoms. The highest BCUT2D eigenvalue weighted by Gasteiger charge is 2.14. The molecule has 0 aliphatic rings. The number of aromatic amines is 1. The van der Waals surface area contributed by atoms with Crippen molar-refractivity contribution in [2.75, 3.05) is 6.54 Å². The topological polar surface area (TPSA) is 60.9 Å². The van der Waals surface area contributed by atoms with Crippen LogP contribution in [0.1, 0.15) is 17.2 Å². The van der Waals surface area contributed by atoms with Gasteiger partial charge in [-0.05, 0) is 17.5 Å². The predicted octanol–water partition coefficient (Wildman–Crippen LogP) is 3.24. The smallest absolute Gasteiger partial charge is 0.131 e. The number of thiophene rings is 1. The van der Waals surface area contributed by atoms with Gasteiger partial charge in [-0.15, -0.1) is 11.3 Å². The van der Waals surface area contributed by atoms with Gasteiger partial charge >= 0.3 is 0 Å². The van der Waals surface area contributed by atoms with E-state index in [0.717, 1.165) is 28.3 Å². The van der Waals surface area contributed by atoms with E-state index >= 15 is 0 Å². The maximum atomic E-state index is 13.6. The summed E-state index contributed by atoms with van der Waals surface area (Å²) in [6.45, 7) is 0.626. The summed E-state index contributed by atoms with van der Waals surface area (Å²) in [5, 5.41) is 22.1. The first kappa shape index (κ1) is 15.8. The van der Waals surface area contributed by atoms with Crippen molar-refractivity contribution in [1.29, 1.82) is 0 Å². The van der Waals surface area contributed by atoms with Crippen LogP contribution in [0.3, 0.4) is 0 Å². The van der Waals surface area contributed by atoms with Gasteiger partial charge < -0.3 is 10.4 Å². The third kappa shape index (κ3) is 3.64. The van der Waals surface area contributed by atoms with Crippen molar-refractivity contribution in [2.24, 2.45) is 0 Å². The summed E-state index contributed by atoms with van der Waals surface area (Å²) < 4.78 is 26.5. The van der Waals surface area contributed by atoms with Crippen LogP contribution < -0.4 is 5.32 Å². The van der Waals surface area contributed by atoms with Gasteiger partial charge in [0.15, 0.2) is 0 Å². The Morgan fingerprint density at radius 3 is 2.91 bits per heavy atom. The van der Waals surface area contributed by atoms with E-state index < -0.39 is 17.7 Å². The summed E-state index contributed by atoms with van der Waals surface area (Å²) in [5.41, 5.74) is 1.96. The molecule has 0 fully saturated rings. The molecule has 120 valence electrons. The highest BCUT2D eigenvalue weighted by molar-refractivity contribution is 7.13. The largest absolute Gasteiger partial charge is 0.387 e. The van der Waals surface area contributed by atoms with Crippen molar-refractivity contribution in [3.63, 3.8) is 0 Å². The number of hydrogen-bond donors (Lipinski definition) is 3. The molecule has 0 spiro atoms. The molecule has 0 saturated heterocycles. The number of nitrogens with zero attached hydrogens (tertiary/aromatic N) is 1. The first-order valence-corrected chi connectivity index (χ1v) is 7.93. The fourth-order valence-corrected chi connectivity index (χ4v) is 3.06. The second-order valence-corrected chi connectivity index (χ2v) is 6.01. The van der Waals surface area contributed by atoms with Gasteiger partial charge in [-0.25, -0.2) is 8.78 Å². The maximum Gasteiger partial charge on any atom is 0.131 e. The molecule has 1 aromatic carbocycles. The fraction of sp³-hybridized carbons (Fsp3) is 0.188. The molecule has 4 nitrogen and oxygen atoms in total. The third-order valence-corrected chi connectivity index (χ3v) is 4.35. The molecule has 23 heavy (non-hydrogen) atoms. The van der Waals surface area contributed by atoms with Crippen molar-refractivity contribution < 1.29 is 13.9 Å². The number of rotatable bonds is 6. The molecular formula is C16H15F2N3OS. The molecule has 3 N–H and O–H groups in total. The highest BCUT2D eigenvalue weighted by Crippen LogP contribution is 2.25. The monoisotopic (exact) mass is 335 g/mol. The van der Waals surface area contributed by atoms with Crippen molar-refractivity contribution >= 4 is 11.3 Å². The summed E-state index contributed by atoms with van der Waals surface area (Å²) in [6.07, 6.45) is 0.667. The summed E-state index contributed by atoms with van der Waals surface area (Å²) in [7, 11) is 0. The molecule has 2 aromatic heterocycles. The highest BCUT2D eigenvalue weighted by atomic mass is 32.1. The molecule has 1 atom stereocenters. The molecule has 0 saturated carbocycles. The van der Waals surface area contributed by atoms with Crippen molar-refractivity contribution in [2.45, 2.75) is 12.6 Å². The Balaban J connectivity index is 1.61. The van der Waals surface area contributed by atoms with Crippen molar-refractivity contribution in [3.05, 3.63) is 64.7 Å². The second-order valence-electron chi connectivity index (χ2n) is 5.06. The van der Waals surface area contributed by atoms with Crippen LogP contribution in [-0.2, 0) is 6.54 Å². The van der Waals surface area contributed by atoms with E-state index in [9.17, 15) is 13.9 Å². The summed E-state index contributed by atoms with van der Waals surface area (Å²) >= 11 is 1.60. The zero-order chi connectivity index (χ0) is 16.2. The van der Waals surface area contributed by atoms with Crippen LogP contribution in [0.2, 0.25) is 0 Å². The van der Waals surface area contributed by atoms with Crippen LogP contribution in [0.4, 0.5) is 8.78 Å². The number of benzene rings is 1. The minimum Gasteiger partial charge on any atom is -0.387 e. The molecule has 0 aliphatic heterocycles. The van der Waals surface area contributed by atoms with E-state index in [1.54, 1.807) is 17.5 Å². The summed E-state index contributed by atoms with van der Waals surface area (Å²) in [6, 6.07) is 7.10. The van der Waals surface area contributed by atoms with Gasteiger partial charge in [0.1, 0.15) is 11.6 Å². The van der Waals surface area contributed by atoms with Crippen LogP contribution in [0.15, 0.2) is 41.9 Å². The SMILES string of the molecule is O[C@@H](CNCc1cn[nH]c1-c1cccs1)c1ccc(F)cc1F. The zero-order valence-corrected chi connectivity index (χ0v) is 12.9. The van der Waals surface area contributed by atoms with Crippen molar-refractivity contribution in [3.8, 4) is 10.6 Å². The van der Waals surface area contributed by atoms with Crippen LogP contribution >= 0.6 is 11.3 Å². The molecular weight excluding hydrogens is 320 g/mol. The second kappa shape index (κ2) is 6.99. The average molecular weight is 335 g/mol. The van der Waals surface area contributed by atoms with E-state index in [1.165, 1.54) is 6.07 Å². The number of H-pyrrole nitrogens is 1. The van der Waals surface area contributed by atoms with Crippen molar-refractivity contribution in [1.82, 2.24) is 15.5 Å². The first-order valence-electron chi connectivity index (χ1n) is 7.05. The van der Waals surface area contributed by atoms with Gasteiger partial charge in [-0.3, -0.25) is 5.10 Å². The lowest BCUT2D eigenvalue weighted by molar-refractivity contribution is 0.169. The van der Waals surface area contributed by atoms with E-state index in [0.29, 0.717) is 6.54 Å². The molecule has 0 unspecified atom stereocenters. The van der Waals surface area contributed by atoms with Gasteiger partial charge in [-0.1, -0.05) is 12.1 Å². The van der Waals surface area contributed by atoms with Gasteiger partial charge in [0.2, 0.25) is 0 Å². The number of hydrogen-bond acceptors (Lipinski definition) is 4. The van der Waals surface area contributed by atoms with Gasteiger partial charge in [0.25, 0.3) is 0 Å². The standard InChI is InChI=1S/C16H15F2N3OS/c17-11-3-4-12(13(18)6-11)14(22)9-19-7-10-8-20-21-16(10)15-2-1-5-23-15/h1-6,8,14,19,22H,7,9H2,(H,20,21)/t14-/m0/s1. The Hall–Kier alpha value is -2.09. The molecule has 0 radical (unpaired) electrons. The van der Waals surface area contributed by atoms with Crippen LogP contribution in [0.25, 0.3) is 10.6 Å². The first-order chi connectivity index (χ1) is 11.1. The number of halogens is 2. The average Bonchev–Trinajstić information content (AvgIpc) is 3.17. The van der Waals surface area contributed by atoms with Gasteiger partial charge in [0.05, 0.1) is 22.9 Å². The zero-order valence-electron chi connectivity index (χ0n) is 12.1. The molecule has 0 amide bonds. The summed E-state index contributed by atoms with van der Waals surface area (Å²) in [4.78, 5) is 1.07. The van der Waals surface area contributed by atoms with E-state index in [-0.39, 0.29) is 12.1 Å². The molecule has 7 heteroatoms. The number of nitrogens with one attached hydrogen (secondary N) is 2. The molecule has 2 heterocycles. The van der Waals surface area contributed by atoms with Crippen LogP contribution in [0, 0.1) is 11.6 Å². The molecule has 3 rings (SSSR count). The Labute approximate surface area is 135 Å². The number of aliphatic hydroxyl groups excluding tert-OH is 1. The van der Waals surface area contributed by atoms with Gasteiger partial charge in [-0.2, -0.15) is 5.10 Å². The Bertz CT molecular complexity index is 773. The Morgan fingerprint density at radius 1 is 1.30 bits per heavy atom. The normalized spacial score (nSPS) is 12.5. The lowest BCUT2D eigenvalue weighted by Crippen LogP contribution is -2.21. The third-order valence-electron chi connectivity index (χ3n) is 3.46. The lowest BCUT2D eigenvalue weighted by atomic mass is 10.1. The quantitative estimate of drug-likeness (QED) is 0.648. The van der Waals surface area contributed by atoms with E-state index in [1.807, 2.05) is 17.5 Å². The van der Waals surface area contributed by atoms with Gasteiger partial charge in [0, 0.05) is 30.3 Å². The van der Waals surface area contributed by atoms with Crippen LogP contribution in [-0.4, -0.2) is 21.8 Å². The summed E-state index contributed by atoms with van der Waals surface area (Å²) in [5.74, 6) is -1.41. The maximum absolute atomic E-state index is 13.6. The minimum atomic E-state index is -1.05. The van der Waals surface area contributed by atoms with E-state index in [4.69, 9.17) is 0 Å². The Kier molecular flexibility index (Phi) is 4.80. The van der Waals surface area contributed by atoms with E-state index in [2.05, 4.69) is 15.5 Å².